The molecule has 2 heterocycles. The molecule has 1 amide bonds. The number of benzene rings is 1. The Labute approximate surface area is 142 Å². The highest BCUT2D eigenvalue weighted by Gasteiger charge is 2.13. The minimum absolute atomic E-state index is 0.00970. The molecule has 7 heteroatoms. The Kier molecular flexibility index (Phi) is 4.35. The summed E-state index contributed by atoms with van der Waals surface area (Å²) < 4.78 is 1.45. The standard InChI is InChI=1S/C17H17N3O3S/c1-10-11(2)24-16-15(10)17(23)20(9-18-16)8-7-14(22)19-12-5-3-4-6-13(12)21/h3-6,9,21H,7-8H2,1-2H3,(H,19,22). The highest BCUT2D eigenvalue weighted by molar-refractivity contribution is 7.18. The summed E-state index contributed by atoms with van der Waals surface area (Å²) in [6.45, 7) is 4.10. The van der Waals surface area contributed by atoms with Gasteiger partial charge in [0.25, 0.3) is 5.56 Å². The Bertz CT molecular complexity index is 975. The van der Waals surface area contributed by atoms with E-state index in [0.29, 0.717) is 11.1 Å². The molecule has 0 bridgehead atoms. The van der Waals surface area contributed by atoms with Crippen molar-refractivity contribution < 1.29 is 9.90 Å². The number of carbonyl (C=O) groups is 1. The van der Waals surface area contributed by atoms with E-state index in [1.165, 1.54) is 28.3 Å². The number of nitrogens with zero attached hydrogens (tertiary/aromatic N) is 2. The second kappa shape index (κ2) is 6.45. The minimum atomic E-state index is -0.276. The molecule has 0 atom stereocenters. The zero-order valence-corrected chi connectivity index (χ0v) is 14.2. The number of phenolic OH excluding ortho intramolecular Hbond substituents is 1. The number of anilines is 1. The molecule has 24 heavy (non-hydrogen) atoms. The predicted molar refractivity (Wildman–Crippen MR) is 94.7 cm³/mol. The molecule has 1 aromatic carbocycles. The predicted octanol–water partition coefficient (Wildman–Crippen LogP) is 2.81. The number of para-hydroxylation sites is 2. The number of hydrogen-bond donors (Lipinski definition) is 2. The number of aromatic hydroxyl groups is 1. The van der Waals surface area contributed by atoms with Gasteiger partial charge >= 0.3 is 0 Å². The van der Waals surface area contributed by atoms with E-state index in [0.717, 1.165) is 15.3 Å². The van der Waals surface area contributed by atoms with Gasteiger partial charge in [-0.25, -0.2) is 4.98 Å². The number of aryl methyl sites for hydroxylation is 3. The van der Waals surface area contributed by atoms with Gasteiger partial charge in [-0.1, -0.05) is 12.1 Å². The summed E-state index contributed by atoms with van der Waals surface area (Å²) in [4.78, 5) is 30.7. The van der Waals surface area contributed by atoms with Gasteiger partial charge in [0.15, 0.2) is 0 Å². The van der Waals surface area contributed by atoms with Crippen LogP contribution < -0.4 is 10.9 Å². The van der Waals surface area contributed by atoms with E-state index in [-0.39, 0.29) is 30.2 Å². The van der Waals surface area contributed by atoms with Crippen molar-refractivity contribution in [3.8, 4) is 5.75 Å². The van der Waals surface area contributed by atoms with E-state index in [2.05, 4.69) is 10.3 Å². The molecule has 2 aromatic heterocycles. The Morgan fingerprint density at radius 2 is 2.08 bits per heavy atom. The second-order valence-corrected chi connectivity index (χ2v) is 6.73. The van der Waals surface area contributed by atoms with Crippen molar-refractivity contribution in [1.29, 1.82) is 0 Å². The van der Waals surface area contributed by atoms with Crippen LogP contribution in [0.3, 0.4) is 0 Å². The van der Waals surface area contributed by atoms with Crippen LogP contribution in [-0.4, -0.2) is 20.6 Å². The van der Waals surface area contributed by atoms with Gasteiger partial charge in [-0.05, 0) is 31.5 Å². The van der Waals surface area contributed by atoms with Crippen LogP contribution in [0.4, 0.5) is 5.69 Å². The van der Waals surface area contributed by atoms with E-state index in [1.807, 2.05) is 13.8 Å². The smallest absolute Gasteiger partial charge is 0.262 e. The van der Waals surface area contributed by atoms with Crippen LogP contribution in [0.25, 0.3) is 10.2 Å². The van der Waals surface area contributed by atoms with E-state index < -0.39 is 0 Å². The Morgan fingerprint density at radius 1 is 1.33 bits per heavy atom. The van der Waals surface area contributed by atoms with Crippen molar-refractivity contribution in [1.82, 2.24) is 9.55 Å². The number of nitrogens with one attached hydrogen (secondary N) is 1. The van der Waals surface area contributed by atoms with Gasteiger partial charge in [0.1, 0.15) is 10.6 Å². The lowest BCUT2D eigenvalue weighted by molar-refractivity contribution is -0.116. The third-order valence-electron chi connectivity index (χ3n) is 3.91. The average Bonchev–Trinajstić information content (AvgIpc) is 2.84. The molecule has 2 N–H and O–H groups in total. The van der Waals surface area contributed by atoms with Crippen LogP contribution in [-0.2, 0) is 11.3 Å². The van der Waals surface area contributed by atoms with Gasteiger partial charge in [-0.2, -0.15) is 0 Å². The molecule has 124 valence electrons. The molecule has 0 saturated carbocycles. The van der Waals surface area contributed by atoms with Crippen molar-refractivity contribution >= 4 is 33.1 Å². The van der Waals surface area contributed by atoms with Crippen LogP contribution in [0, 0.1) is 13.8 Å². The Balaban J connectivity index is 1.75. The van der Waals surface area contributed by atoms with Gasteiger partial charge in [-0.3, -0.25) is 14.2 Å². The van der Waals surface area contributed by atoms with Gasteiger partial charge in [0.2, 0.25) is 5.91 Å². The lowest BCUT2D eigenvalue weighted by Gasteiger charge is -2.08. The number of amides is 1. The topological polar surface area (TPSA) is 84.2 Å². The molecule has 0 saturated heterocycles. The molecule has 6 nitrogen and oxygen atoms in total. The fraction of sp³-hybridized carbons (Fsp3) is 0.235. The quantitative estimate of drug-likeness (QED) is 0.714. The third kappa shape index (κ3) is 3.03. The first-order valence-electron chi connectivity index (χ1n) is 7.50. The molecule has 3 aromatic rings. The Morgan fingerprint density at radius 3 is 2.83 bits per heavy atom. The van der Waals surface area contributed by atoms with Crippen molar-refractivity contribution in [2.45, 2.75) is 26.8 Å². The van der Waals surface area contributed by atoms with E-state index in [1.54, 1.807) is 18.2 Å². The molecule has 0 fully saturated rings. The molecule has 0 aliphatic carbocycles. The highest BCUT2D eigenvalue weighted by Crippen LogP contribution is 2.25. The maximum atomic E-state index is 12.5. The lowest BCUT2D eigenvalue weighted by atomic mass is 10.2. The Hall–Kier alpha value is -2.67. The number of thiophene rings is 1. The summed E-state index contributed by atoms with van der Waals surface area (Å²) in [5.41, 5.74) is 1.17. The molecule has 0 aliphatic rings. The van der Waals surface area contributed by atoms with Gasteiger partial charge in [0, 0.05) is 17.8 Å². The van der Waals surface area contributed by atoms with Crippen molar-refractivity contribution in [3.63, 3.8) is 0 Å². The van der Waals surface area contributed by atoms with E-state index in [4.69, 9.17) is 0 Å². The van der Waals surface area contributed by atoms with Crippen molar-refractivity contribution in [2.75, 3.05) is 5.32 Å². The number of aromatic nitrogens is 2. The van der Waals surface area contributed by atoms with Crippen LogP contribution in [0.1, 0.15) is 16.9 Å². The average molecular weight is 343 g/mol. The maximum absolute atomic E-state index is 12.5. The number of fused-ring (bicyclic) bond motifs is 1. The van der Waals surface area contributed by atoms with Gasteiger partial charge in [0.05, 0.1) is 17.4 Å². The highest BCUT2D eigenvalue weighted by atomic mass is 32.1. The number of hydrogen-bond acceptors (Lipinski definition) is 5. The summed E-state index contributed by atoms with van der Waals surface area (Å²) in [5, 5.41) is 12.9. The number of phenols is 1. The molecule has 0 aliphatic heterocycles. The number of carbonyl (C=O) groups excluding carboxylic acids is 1. The van der Waals surface area contributed by atoms with Crippen LogP contribution in [0.15, 0.2) is 35.4 Å². The molecule has 0 unspecified atom stereocenters. The molecule has 3 rings (SSSR count). The fourth-order valence-corrected chi connectivity index (χ4v) is 3.43. The summed E-state index contributed by atoms with van der Waals surface area (Å²) in [5.74, 6) is -0.266. The largest absolute Gasteiger partial charge is 0.506 e. The monoisotopic (exact) mass is 343 g/mol. The van der Waals surface area contributed by atoms with E-state index >= 15 is 0 Å². The minimum Gasteiger partial charge on any atom is -0.506 e. The third-order valence-corrected chi connectivity index (χ3v) is 5.03. The fourth-order valence-electron chi connectivity index (χ4n) is 2.44. The normalized spacial score (nSPS) is 10.9. The van der Waals surface area contributed by atoms with Gasteiger partial charge < -0.3 is 10.4 Å². The summed E-state index contributed by atoms with van der Waals surface area (Å²) in [6.07, 6.45) is 1.59. The molecule has 0 spiro atoms. The van der Waals surface area contributed by atoms with Crippen molar-refractivity contribution in [3.05, 3.63) is 51.4 Å². The van der Waals surface area contributed by atoms with E-state index in [9.17, 15) is 14.7 Å². The first-order chi connectivity index (χ1) is 11.5. The summed E-state index contributed by atoms with van der Waals surface area (Å²) in [7, 11) is 0. The molecular formula is C17H17N3O3S. The SMILES string of the molecule is Cc1sc2ncn(CCC(=O)Nc3ccccc3O)c(=O)c2c1C. The zero-order valence-electron chi connectivity index (χ0n) is 13.4. The summed E-state index contributed by atoms with van der Waals surface area (Å²) >= 11 is 1.50. The number of rotatable bonds is 4. The second-order valence-electron chi connectivity index (χ2n) is 5.52. The van der Waals surface area contributed by atoms with Crippen molar-refractivity contribution in [2.24, 2.45) is 0 Å². The van der Waals surface area contributed by atoms with Crippen LogP contribution in [0.2, 0.25) is 0 Å². The van der Waals surface area contributed by atoms with Gasteiger partial charge in [-0.15, -0.1) is 11.3 Å². The van der Waals surface area contributed by atoms with Crippen LogP contribution >= 0.6 is 11.3 Å². The summed E-state index contributed by atoms with van der Waals surface area (Å²) in [6, 6.07) is 6.51. The first-order valence-corrected chi connectivity index (χ1v) is 8.32. The lowest BCUT2D eigenvalue weighted by Crippen LogP contribution is -2.23. The van der Waals surface area contributed by atoms with Crippen LogP contribution in [0.5, 0.6) is 5.75 Å². The first kappa shape index (κ1) is 16.2. The zero-order chi connectivity index (χ0) is 17.3. The molecule has 0 radical (unpaired) electrons. The maximum Gasteiger partial charge on any atom is 0.262 e. The molecular weight excluding hydrogens is 326 g/mol.